The van der Waals surface area contributed by atoms with Gasteiger partial charge in [-0.05, 0) is 36.4 Å². The molecule has 0 saturated heterocycles. The zero-order valence-electron chi connectivity index (χ0n) is 17.5. The molecule has 0 unspecified atom stereocenters. The van der Waals surface area contributed by atoms with Crippen molar-refractivity contribution in [2.24, 2.45) is 7.05 Å². The number of methoxy groups -OCH3 is 2. The average Bonchev–Trinajstić information content (AvgIpc) is 3.13. The molecule has 31 heavy (non-hydrogen) atoms. The van der Waals surface area contributed by atoms with Crippen LogP contribution in [0.15, 0.2) is 72.8 Å². The Kier molecular flexibility index (Phi) is 5.71. The Morgan fingerprint density at radius 3 is 2.10 bits per heavy atom. The minimum atomic E-state index is -0.534. The molecule has 4 rings (SSSR count). The van der Waals surface area contributed by atoms with Crippen molar-refractivity contribution in [3.8, 4) is 11.5 Å². The van der Waals surface area contributed by atoms with Gasteiger partial charge >= 0.3 is 5.97 Å². The Hall–Kier alpha value is -4.06. The molecule has 0 aliphatic rings. The number of esters is 1. The van der Waals surface area contributed by atoms with E-state index in [9.17, 15) is 4.79 Å². The van der Waals surface area contributed by atoms with Crippen LogP contribution in [0.5, 0.6) is 11.5 Å². The number of hydrogen-bond acceptors (Lipinski definition) is 5. The summed E-state index contributed by atoms with van der Waals surface area (Å²) in [5.74, 6) is 1.46. The first-order chi connectivity index (χ1) is 15.1. The van der Waals surface area contributed by atoms with Crippen molar-refractivity contribution in [3.05, 3.63) is 89.7 Å². The fourth-order valence-electron chi connectivity index (χ4n) is 3.39. The molecule has 0 N–H and O–H groups in total. The van der Waals surface area contributed by atoms with Crippen molar-refractivity contribution in [1.29, 1.82) is 0 Å². The fourth-order valence-corrected chi connectivity index (χ4v) is 3.39. The minimum absolute atomic E-state index is 0.326. The number of nitrogens with zero attached hydrogens (tertiary/aromatic N) is 2. The Labute approximate surface area is 180 Å². The number of fused-ring (bicyclic) bond motifs is 1. The monoisotopic (exact) mass is 414 g/mol. The zero-order chi connectivity index (χ0) is 21.8. The predicted molar refractivity (Wildman–Crippen MR) is 120 cm³/mol. The Morgan fingerprint density at radius 1 is 0.839 bits per heavy atom. The van der Waals surface area contributed by atoms with E-state index in [2.05, 4.69) is 4.98 Å². The van der Waals surface area contributed by atoms with Gasteiger partial charge in [0.15, 0.2) is 0 Å². The predicted octanol–water partition coefficient (Wildman–Crippen LogP) is 4.95. The summed E-state index contributed by atoms with van der Waals surface area (Å²) >= 11 is 0. The largest absolute Gasteiger partial charge is 0.496 e. The number of hydrogen-bond donors (Lipinski definition) is 0. The molecule has 1 aromatic heterocycles. The highest BCUT2D eigenvalue weighted by Crippen LogP contribution is 2.31. The van der Waals surface area contributed by atoms with Gasteiger partial charge in [-0.3, -0.25) is 0 Å². The average molecular weight is 414 g/mol. The Bertz CT molecular complexity index is 1270. The van der Waals surface area contributed by atoms with E-state index in [0.717, 1.165) is 11.0 Å². The maximum atomic E-state index is 13.0. The molecular weight excluding hydrogens is 392 g/mol. The molecule has 6 heteroatoms. The van der Waals surface area contributed by atoms with Crippen LogP contribution >= 0.6 is 0 Å². The number of benzene rings is 3. The molecule has 1 heterocycles. The van der Waals surface area contributed by atoms with Gasteiger partial charge < -0.3 is 18.8 Å². The highest BCUT2D eigenvalue weighted by molar-refractivity contribution is 5.98. The summed E-state index contributed by atoms with van der Waals surface area (Å²) in [6.07, 6.45) is 1.74. The lowest BCUT2D eigenvalue weighted by molar-refractivity contribution is 0.0689. The van der Waals surface area contributed by atoms with Gasteiger partial charge in [-0.15, -0.1) is 0 Å². The van der Waals surface area contributed by atoms with E-state index in [4.69, 9.17) is 14.2 Å². The van der Waals surface area contributed by atoms with Crippen molar-refractivity contribution in [3.63, 3.8) is 0 Å². The van der Waals surface area contributed by atoms with Crippen molar-refractivity contribution in [1.82, 2.24) is 9.55 Å². The lowest BCUT2D eigenvalue weighted by atomic mass is 10.1. The van der Waals surface area contributed by atoms with Crippen molar-refractivity contribution in [2.45, 2.75) is 0 Å². The fraction of sp³-hybridized carbons (Fsp3) is 0.120. The Balaban J connectivity index is 1.82. The normalized spacial score (nSPS) is 11.4. The van der Waals surface area contributed by atoms with E-state index in [1.54, 1.807) is 37.5 Å². The second-order valence-electron chi connectivity index (χ2n) is 6.82. The second kappa shape index (κ2) is 8.75. The summed E-state index contributed by atoms with van der Waals surface area (Å²) in [4.78, 5) is 17.7. The summed E-state index contributed by atoms with van der Waals surface area (Å²) in [7, 11) is 5.01. The molecule has 0 saturated carbocycles. The number of aryl methyl sites for hydroxylation is 1. The minimum Gasteiger partial charge on any atom is -0.496 e. The summed E-state index contributed by atoms with van der Waals surface area (Å²) < 4.78 is 18.6. The number of rotatable bonds is 6. The molecule has 6 nitrogen and oxygen atoms in total. The molecule has 0 bridgehead atoms. The smallest absolute Gasteiger partial charge is 0.347 e. The topological polar surface area (TPSA) is 62.6 Å². The third kappa shape index (κ3) is 4.00. The summed E-state index contributed by atoms with van der Waals surface area (Å²) in [6.45, 7) is 0. The number of carbonyl (C=O) groups excluding carboxylic acids is 1. The first-order valence-corrected chi connectivity index (χ1v) is 9.74. The van der Waals surface area contributed by atoms with Crippen LogP contribution in [0, 0.1) is 0 Å². The number of aromatic nitrogens is 2. The lowest BCUT2D eigenvalue weighted by Crippen LogP contribution is -2.08. The SMILES string of the molecule is COc1ccccc1C(=O)OC(=Cc1nc2ccccc2n1C)c1ccccc1OC. The van der Waals surface area contributed by atoms with Gasteiger partial charge in [0.25, 0.3) is 0 Å². The molecule has 0 amide bonds. The van der Waals surface area contributed by atoms with Crippen LogP contribution in [0.2, 0.25) is 0 Å². The van der Waals surface area contributed by atoms with Crippen molar-refractivity contribution >= 4 is 28.8 Å². The quantitative estimate of drug-likeness (QED) is 0.330. The van der Waals surface area contributed by atoms with Gasteiger partial charge in [-0.1, -0.05) is 36.4 Å². The second-order valence-corrected chi connectivity index (χ2v) is 6.82. The van der Waals surface area contributed by atoms with Crippen LogP contribution < -0.4 is 9.47 Å². The van der Waals surface area contributed by atoms with Crippen LogP contribution in [0.1, 0.15) is 21.7 Å². The molecule has 156 valence electrons. The standard InChI is InChI=1S/C25H22N2O4/c1-27-20-13-7-6-12-19(20)26-24(27)16-23(17-10-4-8-14-21(17)29-2)31-25(28)18-11-5-9-15-22(18)30-3/h4-16H,1-3H3. The third-order valence-electron chi connectivity index (χ3n) is 4.98. The molecule has 0 fully saturated rings. The lowest BCUT2D eigenvalue weighted by Gasteiger charge is -2.14. The van der Waals surface area contributed by atoms with Gasteiger partial charge in [0.2, 0.25) is 0 Å². The van der Waals surface area contributed by atoms with E-state index >= 15 is 0 Å². The Morgan fingerprint density at radius 2 is 1.42 bits per heavy atom. The van der Waals surface area contributed by atoms with Crippen LogP contribution in [-0.2, 0) is 11.8 Å². The molecule has 0 spiro atoms. The highest BCUT2D eigenvalue weighted by Gasteiger charge is 2.19. The molecule has 0 aliphatic heterocycles. The third-order valence-corrected chi connectivity index (χ3v) is 4.98. The van der Waals surface area contributed by atoms with Gasteiger partial charge in [0.05, 0.1) is 30.8 Å². The number of carbonyl (C=O) groups is 1. The van der Waals surface area contributed by atoms with Crippen LogP contribution in [0.3, 0.4) is 0 Å². The first-order valence-electron chi connectivity index (χ1n) is 9.74. The first kappa shape index (κ1) is 20.2. The number of imidazole rings is 1. The van der Waals surface area contributed by atoms with Gasteiger partial charge in [0, 0.05) is 13.1 Å². The van der Waals surface area contributed by atoms with E-state index in [0.29, 0.717) is 34.2 Å². The van der Waals surface area contributed by atoms with Gasteiger partial charge in [-0.25, -0.2) is 9.78 Å². The van der Waals surface area contributed by atoms with E-state index < -0.39 is 5.97 Å². The molecular formula is C25H22N2O4. The molecule has 3 aromatic carbocycles. The highest BCUT2D eigenvalue weighted by atomic mass is 16.5. The molecule has 4 aromatic rings. The summed E-state index contributed by atoms with van der Waals surface area (Å²) in [5.41, 5.74) is 2.80. The van der Waals surface area contributed by atoms with Crippen molar-refractivity contribution < 1.29 is 19.0 Å². The van der Waals surface area contributed by atoms with E-state index in [1.165, 1.54) is 7.11 Å². The molecule has 0 aliphatic carbocycles. The van der Waals surface area contributed by atoms with Gasteiger partial charge in [0.1, 0.15) is 28.6 Å². The van der Waals surface area contributed by atoms with Crippen LogP contribution in [-0.4, -0.2) is 29.7 Å². The van der Waals surface area contributed by atoms with Crippen LogP contribution in [0.25, 0.3) is 22.9 Å². The van der Waals surface area contributed by atoms with Crippen molar-refractivity contribution in [2.75, 3.05) is 14.2 Å². The maximum Gasteiger partial charge on any atom is 0.347 e. The van der Waals surface area contributed by atoms with Crippen LogP contribution in [0.4, 0.5) is 0 Å². The molecule has 0 radical (unpaired) electrons. The summed E-state index contributed by atoms with van der Waals surface area (Å²) in [6, 6.07) is 22.1. The maximum absolute atomic E-state index is 13.0. The molecule has 0 atom stereocenters. The zero-order valence-corrected chi connectivity index (χ0v) is 17.5. The number of ether oxygens (including phenoxy) is 3. The number of para-hydroxylation sites is 4. The van der Waals surface area contributed by atoms with Gasteiger partial charge in [-0.2, -0.15) is 0 Å². The van der Waals surface area contributed by atoms with E-state index in [1.807, 2.05) is 60.1 Å². The summed E-state index contributed by atoms with van der Waals surface area (Å²) in [5, 5.41) is 0. The van der Waals surface area contributed by atoms with E-state index in [-0.39, 0.29) is 0 Å².